The van der Waals surface area contributed by atoms with Crippen molar-refractivity contribution >= 4 is 27.7 Å². The van der Waals surface area contributed by atoms with Crippen molar-refractivity contribution in [2.45, 2.75) is 96.7 Å². The maximum absolute atomic E-state index is 14.6. The first-order chi connectivity index (χ1) is 23.7. The third kappa shape index (κ3) is 7.45. The van der Waals surface area contributed by atoms with Gasteiger partial charge >= 0.3 is 0 Å². The zero-order chi connectivity index (χ0) is 35.8. The number of sulfonamides is 1. The number of rotatable bonds is 7. The molecule has 3 heterocycles. The summed E-state index contributed by atoms with van der Waals surface area (Å²) in [5.41, 5.74) is 4.65. The lowest BCUT2D eigenvalue weighted by Gasteiger charge is -2.37. The Balaban J connectivity index is 1.50. The molecule has 2 aromatic heterocycles. The number of anilines is 2. The number of nitrogens with zero attached hydrogens (tertiary/aromatic N) is 6. The summed E-state index contributed by atoms with van der Waals surface area (Å²) in [7, 11) is -0.552. The topological polar surface area (TPSA) is 131 Å². The summed E-state index contributed by atoms with van der Waals surface area (Å²) in [6.07, 6.45) is 8.52. The average Bonchev–Trinajstić information content (AvgIpc) is 3.03. The van der Waals surface area contributed by atoms with Crippen LogP contribution in [0, 0.1) is 19.3 Å². The average molecular weight is 698 g/mol. The number of hydrogen-bond donors (Lipinski definition) is 1. The van der Waals surface area contributed by atoms with Gasteiger partial charge in [0.2, 0.25) is 5.95 Å². The monoisotopic (exact) mass is 697 g/mol. The number of hydrogen-bond acceptors (Lipinski definition) is 9. The zero-order valence-electron chi connectivity index (χ0n) is 30.0. The van der Waals surface area contributed by atoms with E-state index < -0.39 is 10.0 Å². The van der Waals surface area contributed by atoms with Gasteiger partial charge in [0.1, 0.15) is 11.5 Å². The smallest absolute Gasteiger partial charge is 0.264 e. The number of nitrogens with one attached hydrogen (secondary N) is 1. The fourth-order valence-corrected chi connectivity index (χ4v) is 7.94. The molecule has 6 rings (SSSR count). The van der Waals surface area contributed by atoms with E-state index in [9.17, 15) is 13.2 Å². The Morgan fingerprint density at radius 2 is 1.72 bits per heavy atom. The van der Waals surface area contributed by atoms with Crippen LogP contribution in [0.4, 0.5) is 11.8 Å². The summed E-state index contributed by atoms with van der Waals surface area (Å²) in [6.45, 7) is 10.7. The summed E-state index contributed by atoms with van der Waals surface area (Å²) in [6, 6.07) is 12.3. The quantitative estimate of drug-likeness (QED) is 0.223. The SMILES string of the molecule is COc1c2nc(nc1-c1c(C)cccc1C)NS(=O)(=O)c1cccc(c1)C(=O)N(Cc1cncc(N(C)C3CCC3)n1)[C@H](CC(C)(C)C)CC2. The van der Waals surface area contributed by atoms with E-state index in [-0.39, 0.29) is 40.3 Å². The number of methoxy groups -OCH3 is 1. The molecule has 1 aliphatic heterocycles. The molecule has 0 spiro atoms. The van der Waals surface area contributed by atoms with Crippen LogP contribution in [0.15, 0.2) is 59.8 Å². The molecule has 4 bridgehead atoms. The minimum atomic E-state index is -4.17. The summed E-state index contributed by atoms with van der Waals surface area (Å²) in [5.74, 6) is 0.914. The highest BCUT2D eigenvalue weighted by molar-refractivity contribution is 7.92. The van der Waals surface area contributed by atoms with Crippen LogP contribution >= 0.6 is 0 Å². The maximum atomic E-state index is 14.6. The van der Waals surface area contributed by atoms with Crippen LogP contribution in [-0.2, 0) is 23.0 Å². The normalized spacial score (nSPS) is 17.9. The van der Waals surface area contributed by atoms with E-state index in [1.807, 2.05) is 44.0 Å². The Morgan fingerprint density at radius 1 is 1.00 bits per heavy atom. The van der Waals surface area contributed by atoms with Crippen LogP contribution in [-0.4, -0.2) is 65.4 Å². The van der Waals surface area contributed by atoms with Gasteiger partial charge in [-0.15, -0.1) is 0 Å². The minimum absolute atomic E-state index is 0.0543. The van der Waals surface area contributed by atoms with Crippen molar-refractivity contribution in [3.63, 3.8) is 0 Å². The number of benzene rings is 2. The molecule has 4 aromatic rings. The Hall–Kier alpha value is -4.58. The number of amides is 1. The van der Waals surface area contributed by atoms with Crippen LogP contribution in [0.1, 0.15) is 85.7 Å². The molecule has 1 N–H and O–H groups in total. The number of aryl methyl sites for hydroxylation is 3. The van der Waals surface area contributed by atoms with Crippen LogP contribution in [0.3, 0.4) is 0 Å². The fraction of sp³-hybridized carbons (Fsp3) is 0.447. The highest BCUT2D eigenvalue weighted by Gasteiger charge is 2.32. The summed E-state index contributed by atoms with van der Waals surface area (Å²) < 4.78 is 36.3. The number of carbonyl (C=O) groups is 1. The number of ether oxygens (including phenoxy) is 1. The maximum Gasteiger partial charge on any atom is 0.264 e. The van der Waals surface area contributed by atoms with Crippen molar-refractivity contribution in [1.29, 1.82) is 0 Å². The molecule has 1 atom stereocenters. The predicted octanol–water partition coefficient (Wildman–Crippen LogP) is 6.74. The molecular formula is C38H47N7O4S. The lowest BCUT2D eigenvalue weighted by atomic mass is 9.85. The first-order valence-corrected chi connectivity index (χ1v) is 18.7. The van der Waals surface area contributed by atoms with E-state index in [2.05, 4.69) is 35.4 Å². The van der Waals surface area contributed by atoms with Crippen LogP contribution in [0.25, 0.3) is 11.3 Å². The lowest BCUT2D eigenvalue weighted by molar-refractivity contribution is 0.0592. The van der Waals surface area contributed by atoms with E-state index in [1.165, 1.54) is 18.6 Å². The van der Waals surface area contributed by atoms with Gasteiger partial charge in [-0.2, -0.15) is 0 Å². The van der Waals surface area contributed by atoms with Gasteiger partial charge in [0, 0.05) is 30.3 Å². The Bertz CT molecular complexity index is 1990. The third-order valence-electron chi connectivity index (χ3n) is 9.73. The summed E-state index contributed by atoms with van der Waals surface area (Å²) in [4.78, 5) is 37.6. The highest BCUT2D eigenvalue weighted by atomic mass is 32.2. The predicted molar refractivity (Wildman–Crippen MR) is 195 cm³/mol. The molecule has 0 radical (unpaired) electrons. The number of fused-ring (bicyclic) bond motifs is 4. The minimum Gasteiger partial charge on any atom is -0.493 e. The van der Waals surface area contributed by atoms with Gasteiger partial charge in [0.15, 0.2) is 5.75 Å². The van der Waals surface area contributed by atoms with Gasteiger partial charge in [0.25, 0.3) is 15.9 Å². The Kier molecular flexibility index (Phi) is 9.85. The fourth-order valence-electron chi connectivity index (χ4n) is 6.95. The molecule has 0 saturated heterocycles. The van der Waals surface area contributed by atoms with Crippen molar-refractivity contribution in [3.05, 3.63) is 82.9 Å². The standard InChI is InChI=1S/C38H47N7O4S/c1-24-11-8-12-25(2)33(24)34-35(49-7)31-18-17-29(20-38(3,4)5)45(23-27-21-39-22-32(40-27)44(6)28-14-10-15-28)36(46)26-13-9-16-30(19-26)50(47,48)43-37(41-31)42-34/h8-9,11-13,16,19,21-22,28-29H,10,14-15,17-18,20,23H2,1-7H3,(H,41,42,43)/t29-/m0/s1. The number of carbonyl (C=O) groups excluding carboxylic acids is 1. The third-order valence-corrected chi connectivity index (χ3v) is 11.1. The van der Waals surface area contributed by atoms with Gasteiger partial charge < -0.3 is 14.5 Å². The molecule has 2 aliphatic rings. The Labute approximate surface area is 295 Å². The van der Waals surface area contributed by atoms with Crippen molar-refractivity contribution in [2.24, 2.45) is 5.41 Å². The zero-order valence-corrected chi connectivity index (χ0v) is 30.8. The molecule has 11 nitrogen and oxygen atoms in total. The summed E-state index contributed by atoms with van der Waals surface area (Å²) in [5, 5.41) is 0. The van der Waals surface area contributed by atoms with Gasteiger partial charge in [-0.3, -0.25) is 9.78 Å². The van der Waals surface area contributed by atoms with Crippen molar-refractivity contribution in [1.82, 2.24) is 24.8 Å². The second-order valence-electron chi connectivity index (χ2n) is 14.7. The van der Waals surface area contributed by atoms with Crippen LogP contribution < -0.4 is 14.4 Å². The van der Waals surface area contributed by atoms with Crippen LogP contribution in [0.2, 0.25) is 0 Å². The van der Waals surface area contributed by atoms with E-state index in [4.69, 9.17) is 19.7 Å². The van der Waals surface area contributed by atoms with Crippen molar-refractivity contribution < 1.29 is 17.9 Å². The van der Waals surface area contributed by atoms with E-state index in [1.54, 1.807) is 31.6 Å². The molecule has 1 amide bonds. The molecule has 0 unspecified atom stereocenters. The van der Waals surface area contributed by atoms with Gasteiger partial charge in [-0.1, -0.05) is 45.0 Å². The van der Waals surface area contributed by atoms with E-state index in [0.717, 1.165) is 35.3 Å². The van der Waals surface area contributed by atoms with Gasteiger partial charge in [0.05, 0.1) is 42.3 Å². The second kappa shape index (κ2) is 14.0. The number of aromatic nitrogens is 4. The highest BCUT2D eigenvalue weighted by Crippen LogP contribution is 2.38. The lowest BCUT2D eigenvalue weighted by Crippen LogP contribution is -2.42. The Morgan fingerprint density at radius 3 is 2.38 bits per heavy atom. The molecule has 50 heavy (non-hydrogen) atoms. The molecule has 12 heteroatoms. The second-order valence-corrected chi connectivity index (χ2v) is 16.4. The van der Waals surface area contributed by atoms with Crippen LogP contribution in [0.5, 0.6) is 5.75 Å². The molecule has 1 aliphatic carbocycles. The molecule has 264 valence electrons. The first kappa shape index (κ1) is 35.3. The molecule has 1 saturated carbocycles. The largest absolute Gasteiger partial charge is 0.493 e. The molecular weight excluding hydrogens is 651 g/mol. The summed E-state index contributed by atoms with van der Waals surface area (Å²) >= 11 is 0. The van der Waals surface area contributed by atoms with E-state index >= 15 is 0 Å². The first-order valence-electron chi connectivity index (χ1n) is 17.2. The van der Waals surface area contributed by atoms with Gasteiger partial charge in [-0.25, -0.2) is 28.1 Å². The van der Waals surface area contributed by atoms with Crippen molar-refractivity contribution in [2.75, 3.05) is 23.8 Å². The van der Waals surface area contributed by atoms with Gasteiger partial charge in [-0.05, 0) is 87.1 Å². The molecule has 1 fully saturated rings. The van der Waals surface area contributed by atoms with E-state index in [0.29, 0.717) is 48.1 Å². The molecule has 2 aromatic carbocycles. The van der Waals surface area contributed by atoms with Crippen molar-refractivity contribution in [3.8, 4) is 17.0 Å².